The quantitative estimate of drug-likeness (QED) is 0.0211. The lowest BCUT2D eigenvalue weighted by atomic mass is 10.0. The first-order valence-electron chi connectivity index (χ1n) is 31.4. The van der Waals surface area contributed by atoms with Crippen LogP contribution in [0.5, 0.6) is 0 Å². The number of quaternary nitrogens is 1. The topological polar surface area (TPSA) is 108 Å². The van der Waals surface area contributed by atoms with Gasteiger partial charge in [0.15, 0.2) is 6.10 Å². The second-order valence-corrected chi connectivity index (χ2v) is 23.9. The summed E-state index contributed by atoms with van der Waals surface area (Å²) in [4.78, 5) is 35.8. The predicted octanol–water partition coefficient (Wildman–Crippen LogP) is 19.7. The number of phosphoric ester groups is 1. The van der Waals surface area contributed by atoms with E-state index >= 15 is 0 Å². The van der Waals surface area contributed by atoms with E-state index in [2.05, 4.69) is 62.5 Å². The fourth-order valence-corrected chi connectivity index (χ4v) is 9.81. The predicted molar refractivity (Wildman–Crippen MR) is 317 cm³/mol. The third-order valence-corrected chi connectivity index (χ3v) is 14.9. The van der Waals surface area contributed by atoms with Crippen molar-refractivity contribution in [2.75, 3.05) is 47.5 Å². The molecular weight excluding hydrogens is 942 g/mol. The Hall–Kier alpha value is -2.03. The molecule has 10 heteroatoms. The Bertz CT molecular complexity index is 1390. The average molecular weight is 1060 g/mol. The van der Waals surface area contributed by atoms with Gasteiger partial charge in [0.05, 0.1) is 27.7 Å². The van der Waals surface area contributed by atoms with Crippen LogP contribution in [-0.2, 0) is 32.7 Å². The number of carbonyl (C=O) groups is 2. The molecule has 0 bridgehead atoms. The minimum atomic E-state index is -4.39. The lowest BCUT2D eigenvalue weighted by molar-refractivity contribution is -0.870. The molecule has 434 valence electrons. The summed E-state index contributed by atoms with van der Waals surface area (Å²) in [6.45, 7) is 4.37. The monoisotopic (exact) mass is 1060 g/mol. The largest absolute Gasteiger partial charge is 0.472 e. The molecule has 0 fully saturated rings. The van der Waals surface area contributed by atoms with Gasteiger partial charge in [-0.2, -0.15) is 0 Å². The molecule has 0 saturated carbocycles. The Morgan fingerprint density at radius 2 is 0.770 bits per heavy atom. The van der Waals surface area contributed by atoms with Crippen LogP contribution in [0.25, 0.3) is 0 Å². The summed E-state index contributed by atoms with van der Waals surface area (Å²) in [6.07, 6.45) is 70.5. The zero-order chi connectivity index (χ0) is 54.2. The molecule has 2 unspecified atom stereocenters. The van der Waals surface area contributed by atoms with Gasteiger partial charge in [-0.1, -0.05) is 281 Å². The highest BCUT2D eigenvalue weighted by Crippen LogP contribution is 2.43. The van der Waals surface area contributed by atoms with Crippen LogP contribution in [0.2, 0.25) is 0 Å². The van der Waals surface area contributed by atoms with Gasteiger partial charge in [0.25, 0.3) is 0 Å². The first-order chi connectivity index (χ1) is 36.0. The zero-order valence-electron chi connectivity index (χ0n) is 49.3. The number of rotatable bonds is 58. The van der Waals surface area contributed by atoms with Crippen LogP contribution in [0.4, 0.5) is 0 Å². The number of hydrogen-bond acceptors (Lipinski definition) is 7. The minimum absolute atomic E-state index is 0.0330. The van der Waals surface area contributed by atoms with Crippen molar-refractivity contribution in [3.8, 4) is 0 Å². The number of hydrogen-bond donors (Lipinski definition) is 1. The first-order valence-corrected chi connectivity index (χ1v) is 32.9. The van der Waals surface area contributed by atoms with Gasteiger partial charge in [0.2, 0.25) is 0 Å². The number of likely N-dealkylation sites (N-methyl/N-ethyl adjacent to an activating group) is 1. The van der Waals surface area contributed by atoms with Crippen molar-refractivity contribution in [2.24, 2.45) is 0 Å². The molecular formula is C64H121NO8P+. The van der Waals surface area contributed by atoms with E-state index in [0.29, 0.717) is 23.9 Å². The molecule has 0 aromatic carbocycles. The third-order valence-electron chi connectivity index (χ3n) is 13.9. The number of carbonyl (C=O) groups excluding carboxylic acids is 2. The summed E-state index contributed by atoms with van der Waals surface area (Å²) in [5.74, 6) is -0.783. The van der Waals surface area contributed by atoms with E-state index in [1.54, 1.807) is 0 Å². The van der Waals surface area contributed by atoms with E-state index in [0.717, 1.165) is 57.8 Å². The number of unbranched alkanes of at least 4 members (excludes halogenated alkanes) is 36. The Morgan fingerprint density at radius 3 is 1.15 bits per heavy atom. The van der Waals surface area contributed by atoms with Crippen molar-refractivity contribution >= 4 is 19.8 Å². The van der Waals surface area contributed by atoms with E-state index < -0.39 is 26.5 Å². The Labute approximate surface area is 458 Å². The molecule has 0 heterocycles. The molecule has 0 amide bonds. The molecule has 0 saturated heterocycles. The molecule has 0 rings (SSSR count). The van der Waals surface area contributed by atoms with Crippen LogP contribution in [0, 0.1) is 0 Å². The second-order valence-electron chi connectivity index (χ2n) is 22.4. The molecule has 0 spiro atoms. The second kappa shape index (κ2) is 55.7. The Balaban J connectivity index is 4.08. The van der Waals surface area contributed by atoms with E-state index in [1.165, 1.54) is 205 Å². The van der Waals surface area contributed by atoms with Gasteiger partial charge in [0, 0.05) is 12.8 Å². The molecule has 0 aliphatic rings. The maximum absolute atomic E-state index is 12.8. The molecule has 0 aromatic heterocycles. The summed E-state index contributed by atoms with van der Waals surface area (Å²) >= 11 is 0. The van der Waals surface area contributed by atoms with E-state index in [9.17, 15) is 19.0 Å². The van der Waals surface area contributed by atoms with Crippen molar-refractivity contribution in [2.45, 2.75) is 302 Å². The van der Waals surface area contributed by atoms with Gasteiger partial charge in [-0.05, 0) is 51.4 Å². The molecule has 0 aliphatic carbocycles. The summed E-state index contributed by atoms with van der Waals surface area (Å²) in [7, 11) is 1.49. The molecule has 0 radical (unpaired) electrons. The number of allylic oxidation sites excluding steroid dienone is 8. The maximum Gasteiger partial charge on any atom is 0.472 e. The number of esters is 2. The standard InChI is InChI=1S/C64H120NO8P/c1-6-8-10-12-14-16-18-20-22-24-26-28-30-31-32-33-35-37-39-41-43-45-47-49-51-53-55-57-64(67)73-62(61-72-74(68,69)71-59-58-65(3,4)5)60-70-63(66)56-54-52-50-48-46-44-42-40-38-36-34-29-27-25-23-21-19-17-15-13-11-9-7-2/h8,10,14,16,20,22,26,28,62H,6-7,9,11-13,15,17-19,21,23-25,27,29-61H2,1-5H3/p+1/b10-8-,16-14-,22-20-,28-26-. The molecule has 0 aliphatic heterocycles. The lowest BCUT2D eigenvalue weighted by Crippen LogP contribution is -2.37. The van der Waals surface area contributed by atoms with Gasteiger partial charge in [0.1, 0.15) is 19.8 Å². The SMILES string of the molecule is CC/C=C\C/C=C\C/C=C\C/C=C\CCCCCCCCCCCCCCCCC(=O)OC(COC(=O)CCCCCCCCCCCCCCCCCCCCCCCCC)COP(=O)(O)OCC[N+](C)(C)C. The number of nitrogens with zero attached hydrogens (tertiary/aromatic N) is 1. The fraction of sp³-hybridized carbons (Fsp3) is 0.844. The van der Waals surface area contributed by atoms with Gasteiger partial charge < -0.3 is 18.9 Å². The first kappa shape index (κ1) is 72.0. The lowest BCUT2D eigenvalue weighted by Gasteiger charge is -2.24. The molecule has 74 heavy (non-hydrogen) atoms. The molecule has 0 aromatic rings. The molecule has 2 atom stereocenters. The van der Waals surface area contributed by atoms with Crippen LogP contribution in [-0.4, -0.2) is 74.9 Å². The third kappa shape index (κ3) is 59.2. The van der Waals surface area contributed by atoms with E-state index in [4.69, 9.17) is 18.5 Å². The minimum Gasteiger partial charge on any atom is -0.462 e. The van der Waals surface area contributed by atoms with E-state index in [-0.39, 0.29) is 25.6 Å². The van der Waals surface area contributed by atoms with Crippen molar-refractivity contribution in [3.05, 3.63) is 48.6 Å². The maximum atomic E-state index is 12.8. The normalized spacial score (nSPS) is 13.5. The summed E-state index contributed by atoms with van der Waals surface area (Å²) in [6, 6.07) is 0. The van der Waals surface area contributed by atoms with Crippen LogP contribution in [0.15, 0.2) is 48.6 Å². The smallest absolute Gasteiger partial charge is 0.462 e. The van der Waals surface area contributed by atoms with Gasteiger partial charge >= 0.3 is 19.8 Å². The van der Waals surface area contributed by atoms with Crippen molar-refractivity contribution in [1.29, 1.82) is 0 Å². The average Bonchev–Trinajstić information content (AvgIpc) is 3.36. The fourth-order valence-electron chi connectivity index (χ4n) is 9.07. The van der Waals surface area contributed by atoms with Crippen LogP contribution < -0.4 is 0 Å². The van der Waals surface area contributed by atoms with Gasteiger partial charge in [-0.25, -0.2) is 4.57 Å². The van der Waals surface area contributed by atoms with Crippen molar-refractivity contribution in [1.82, 2.24) is 0 Å². The van der Waals surface area contributed by atoms with Crippen molar-refractivity contribution < 1.29 is 42.1 Å². The van der Waals surface area contributed by atoms with Gasteiger partial charge in [-0.3, -0.25) is 18.6 Å². The highest BCUT2D eigenvalue weighted by Gasteiger charge is 2.27. The summed E-state index contributed by atoms with van der Waals surface area (Å²) in [5.41, 5.74) is 0. The van der Waals surface area contributed by atoms with Crippen molar-refractivity contribution in [3.63, 3.8) is 0 Å². The number of ether oxygens (including phenoxy) is 2. The molecule has 1 N–H and O–H groups in total. The van der Waals surface area contributed by atoms with Crippen LogP contribution in [0.3, 0.4) is 0 Å². The highest BCUT2D eigenvalue weighted by atomic mass is 31.2. The highest BCUT2D eigenvalue weighted by molar-refractivity contribution is 7.47. The van der Waals surface area contributed by atoms with Gasteiger partial charge in [-0.15, -0.1) is 0 Å². The zero-order valence-corrected chi connectivity index (χ0v) is 50.2. The Kier molecular flexibility index (Phi) is 54.2. The van der Waals surface area contributed by atoms with E-state index in [1.807, 2.05) is 21.1 Å². The molecule has 9 nitrogen and oxygen atoms in total. The van der Waals surface area contributed by atoms with Crippen LogP contribution >= 0.6 is 7.82 Å². The summed E-state index contributed by atoms with van der Waals surface area (Å²) in [5, 5.41) is 0. The Morgan fingerprint density at radius 1 is 0.432 bits per heavy atom. The summed E-state index contributed by atoms with van der Waals surface area (Å²) < 4.78 is 34.7. The number of phosphoric acid groups is 1. The van der Waals surface area contributed by atoms with Crippen LogP contribution in [0.1, 0.15) is 296 Å².